The molecule has 3 aliphatic rings. The van der Waals surface area contributed by atoms with Crippen LogP contribution in [0.5, 0.6) is 0 Å². The Bertz CT molecular complexity index is 2630. The summed E-state index contributed by atoms with van der Waals surface area (Å²) in [4.78, 5) is 55.8. The normalized spacial score (nSPS) is 21.5. The van der Waals surface area contributed by atoms with Gasteiger partial charge in [0.25, 0.3) is 11.8 Å². The molecule has 1 saturated carbocycles. The van der Waals surface area contributed by atoms with Crippen molar-refractivity contribution in [3.63, 3.8) is 0 Å². The zero-order valence-corrected chi connectivity index (χ0v) is 31.0. The lowest BCUT2D eigenvalue weighted by Gasteiger charge is -2.37. The minimum atomic E-state index is -4.73. The molecule has 3 amide bonds. The minimum Gasteiger partial charge on any atom is -0.319 e. The van der Waals surface area contributed by atoms with E-state index in [-0.39, 0.29) is 53.7 Å². The van der Waals surface area contributed by atoms with E-state index in [9.17, 15) is 37.6 Å². The molecule has 13 nitrogen and oxygen atoms in total. The first-order valence-electron chi connectivity index (χ1n) is 18.7. The van der Waals surface area contributed by atoms with Gasteiger partial charge in [0.05, 0.1) is 40.4 Å². The van der Waals surface area contributed by atoms with E-state index in [1.807, 2.05) is 6.07 Å². The number of carbonyl (C=O) groups is 3. The topological polar surface area (TPSA) is 160 Å². The van der Waals surface area contributed by atoms with Crippen LogP contribution < -0.4 is 16.3 Å². The molecular formula is C40H36F5N9O4. The van der Waals surface area contributed by atoms with E-state index in [0.29, 0.717) is 28.5 Å². The number of pyridine rings is 1. The lowest BCUT2D eigenvalue weighted by molar-refractivity contribution is -0.141. The molecule has 1 aliphatic carbocycles. The summed E-state index contributed by atoms with van der Waals surface area (Å²) in [7, 11) is 1.48. The van der Waals surface area contributed by atoms with Crippen LogP contribution in [-0.2, 0) is 22.8 Å². The van der Waals surface area contributed by atoms with Crippen molar-refractivity contribution in [3.05, 3.63) is 93.8 Å². The molecule has 5 heterocycles. The van der Waals surface area contributed by atoms with Crippen LogP contribution in [0.3, 0.4) is 0 Å². The van der Waals surface area contributed by atoms with Gasteiger partial charge in [0.1, 0.15) is 23.5 Å². The number of nitrogens with zero attached hydrogens (tertiary/aromatic N) is 7. The van der Waals surface area contributed by atoms with Crippen LogP contribution in [-0.4, -0.2) is 72.1 Å². The average molecular weight is 802 g/mol. The van der Waals surface area contributed by atoms with Gasteiger partial charge in [-0.1, -0.05) is 24.3 Å². The fraction of sp³-hybridized carbons (Fsp3) is 0.375. The highest BCUT2D eigenvalue weighted by Crippen LogP contribution is 2.41. The van der Waals surface area contributed by atoms with Crippen molar-refractivity contribution >= 4 is 50.9 Å². The molecule has 0 radical (unpaired) electrons. The maximum Gasteiger partial charge on any atom is 0.433 e. The van der Waals surface area contributed by atoms with Gasteiger partial charge >= 0.3 is 11.9 Å². The van der Waals surface area contributed by atoms with E-state index in [1.165, 1.54) is 28.3 Å². The number of hydrogen-bond acceptors (Lipinski definition) is 8. The fourth-order valence-electron chi connectivity index (χ4n) is 8.47. The maximum absolute atomic E-state index is 16.1. The van der Waals surface area contributed by atoms with Crippen LogP contribution in [0.15, 0.2) is 65.6 Å². The summed E-state index contributed by atoms with van der Waals surface area (Å²) in [5.41, 5.74) is -0.882. The Hall–Kier alpha value is -6.22. The Morgan fingerprint density at radius 3 is 2.52 bits per heavy atom. The lowest BCUT2D eigenvalue weighted by Crippen LogP contribution is -2.44. The first-order valence-corrected chi connectivity index (χ1v) is 18.7. The smallest absolute Gasteiger partial charge is 0.319 e. The Morgan fingerprint density at radius 1 is 1.05 bits per heavy atom. The first kappa shape index (κ1) is 38.6. The van der Waals surface area contributed by atoms with Crippen molar-refractivity contribution in [1.82, 2.24) is 34.1 Å². The van der Waals surface area contributed by atoms with Crippen molar-refractivity contribution < 1.29 is 36.3 Å². The summed E-state index contributed by atoms with van der Waals surface area (Å²) >= 11 is 0. The van der Waals surface area contributed by atoms with Gasteiger partial charge in [-0.3, -0.25) is 38.4 Å². The zero-order valence-electron chi connectivity index (χ0n) is 31.0. The fourth-order valence-corrected chi connectivity index (χ4v) is 8.47. The van der Waals surface area contributed by atoms with Gasteiger partial charge < -0.3 is 5.32 Å². The largest absolute Gasteiger partial charge is 0.433 e. The number of aromatic nitrogens is 5. The Balaban J connectivity index is 0.931. The number of hydrogen-bond donors (Lipinski definition) is 2. The highest BCUT2D eigenvalue weighted by atomic mass is 19.4. The predicted octanol–water partition coefficient (Wildman–Crippen LogP) is 5.97. The molecule has 300 valence electrons. The molecule has 2 N–H and O–H groups in total. The molecule has 1 unspecified atom stereocenters. The molecule has 2 aromatic carbocycles. The highest BCUT2D eigenvalue weighted by Gasteiger charge is 2.42. The van der Waals surface area contributed by atoms with Crippen LogP contribution in [0.4, 0.5) is 27.6 Å². The molecule has 0 spiro atoms. The third-order valence-electron chi connectivity index (χ3n) is 11.3. The van der Waals surface area contributed by atoms with E-state index in [1.54, 1.807) is 40.0 Å². The third-order valence-corrected chi connectivity index (χ3v) is 11.3. The number of anilines is 1. The van der Waals surface area contributed by atoms with E-state index in [2.05, 4.69) is 20.7 Å². The Kier molecular flexibility index (Phi) is 9.74. The number of aryl methyl sites for hydroxylation is 1. The predicted molar refractivity (Wildman–Crippen MR) is 201 cm³/mol. The first-order chi connectivity index (χ1) is 27.6. The maximum atomic E-state index is 16.1. The summed E-state index contributed by atoms with van der Waals surface area (Å²) in [6.45, 7) is 0.222. The number of fused-ring (bicyclic) bond motifs is 2. The molecule has 3 aromatic heterocycles. The summed E-state index contributed by atoms with van der Waals surface area (Å²) in [5, 5.41) is 19.8. The SMILES string of the molecule is Cn1c(=O)n(C2CCC(=O)NC2=O)c2cccc(C3=CCN(CC4CCC(n5cc6cc(NC(=O)c7cccc(C(F)(F)F)n7)c(C#N)cc6n5)CC4)CC3(F)F)c21. The number of para-hydroxylation sites is 1. The number of benzene rings is 2. The standard InChI is InChI=1S/C40H36F5N9O4/c1-51-35-26(4-2-6-31(35)54(38(51)58)32-12-13-34(55)49-37(32)57)27-14-15-52(21-39(27,41)42)19-22-8-10-25(11-9-22)53-20-24-17-29(23(18-46)16-30(24)50-53)48-36(56)28-5-3-7-33(47-28)40(43,44)45/h2-7,14,16-17,20,22,25,32H,8-13,15,19,21H2,1H3,(H,48,56)(H,49,55,57). The number of nitriles is 1. The quantitative estimate of drug-likeness (QED) is 0.151. The van der Waals surface area contributed by atoms with Gasteiger partial charge in [0.2, 0.25) is 11.8 Å². The Morgan fingerprint density at radius 2 is 1.81 bits per heavy atom. The molecule has 2 fully saturated rings. The van der Waals surface area contributed by atoms with Crippen molar-refractivity contribution in [2.24, 2.45) is 13.0 Å². The van der Waals surface area contributed by atoms with Crippen molar-refractivity contribution in [2.75, 3.05) is 25.0 Å². The van der Waals surface area contributed by atoms with Gasteiger partial charge in [-0.15, -0.1) is 0 Å². The number of halogens is 5. The Labute approximate surface area is 326 Å². The molecule has 5 aromatic rings. The number of nitrogens with one attached hydrogen (secondary N) is 2. The summed E-state index contributed by atoms with van der Waals surface area (Å²) in [5.74, 6) is -5.03. The minimum absolute atomic E-state index is 0.00422. The van der Waals surface area contributed by atoms with Crippen LogP contribution in [0.2, 0.25) is 0 Å². The highest BCUT2D eigenvalue weighted by molar-refractivity contribution is 6.05. The van der Waals surface area contributed by atoms with Crippen LogP contribution >= 0.6 is 0 Å². The lowest BCUT2D eigenvalue weighted by atomic mass is 9.85. The van der Waals surface area contributed by atoms with Gasteiger partial charge in [-0.25, -0.2) is 9.78 Å². The molecule has 58 heavy (non-hydrogen) atoms. The number of rotatable bonds is 7. The van der Waals surface area contributed by atoms with Gasteiger partial charge in [0, 0.05) is 49.3 Å². The third kappa shape index (κ3) is 7.14. The summed E-state index contributed by atoms with van der Waals surface area (Å²) in [6, 6.07) is 11.8. The molecule has 1 atom stereocenters. The molecule has 1 saturated heterocycles. The van der Waals surface area contributed by atoms with E-state index in [4.69, 9.17) is 0 Å². The van der Waals surface area contributed by atoms with Gasteiger partial charge in [0.15, 0.2) is 0 Å². The second kappa shape index (κ2) is 14.6. The molecular weight excluding hydrogens is 765 g/mol. The summed E-state index contributed by atoms with van der Waals surface area (Å²) < 4.78 is 75.9. The molecule has 0 bridgehead atoms. The molecule has 2 aliphatic heterocycles. The number of carbonyl (C=O) groups excluding carboxylic acids is 3. The monoisotopic (exact) mass is 801 g/mol. The van der Waals surface area contributed by atoms with Crippen molar-refractivity contribution in [2.45, 2.75) is 62.7 Å². The van der Waals surface area contributed by atoms with E-state index >= 15 is 8.78 Å². The van der Waals surface area contributed by atoms with Crippen LogP contribution in [0, 0.1) is 17.2 Å². The number of imidazole rings is 1. The van der Waals surface area contributed by atoms with Crippen LogP contribution in [0.1, 0.15) is 77.9 Å². The average Bonchev–Trinajstić information content (AvgIpc) is 3.71. The second-order valence-corrected chi connectivity index (χ2v) is 15.1. The zero-order chi connectivity index (χ0) is 41.1. The number of amides is 3. The number of alkyl halides is 5. The number of piperidine rings is 1. The number of imide groups is 1. The van der Waals surface area contributed by atoms with Crippen LogP contribution in [0.25, 0.3) is 27.5 Å². The van der Waals surface area contributed by atoms with E-state index < -0.39 is 59.5 Å². The van der Waals surface area contributed by atoms with Gasteiger partial charge in [-0.2, -0.15) is 32.3 Å². The molecule has 8 rings (SSSR count). The molecule has 18 heteroatoms. The van der Waals surface area contributed by atoms with E-state index in [0.717, 1.165) is 43.9 Å². The van der Waals surface area contributed by atoms with Crippen molar-refractivity contribution in [1.29, 1.82) is 5.26 Å². The van der Waals surface area contributed by atoms with Gasteiger partial charge in [-0.05, 0) is 68.4 Å². The summed E-state index contributed by atoms with van der Waals surface area (Å²) in [6.07, 6.45) is 1.70. The van der Waals surface area contributed by atoms with Crippen molar-refractivity contribution in [3.8, 4) is 6.07 Å². The second-order valence-electron chi connectivity index (χ2n) is 15.1.